The molecule has 2 amide bonds. The zero-order valence-electron chi connectivity index (χ0n) is 11.5. The summed E-state index contributed by atoms with van der Waals surface area (Å²) < 4.78 is 5.30. The van der Waals surface area contributed by atoms with Crippen molar-refractivity contribution in [2.24, 2.45) is 5.73 Å². The largest absolute Gasteiger partial charge is 0.483 e. The lowest BCUT2D eigenvalue weighted by molar-refractivity contribution is -0.123. The van der Waals surface area contributed by atoms with Crippen LogP contribution in [0.25, 0.3) is 0 Å². The SMILES string of the molecule is CC(CCCO)NC(=O)COc1ccccc1C(N)=O. The molecule has 0 heterocycles. The Bertz CT molecular complexity index is 462. The van der Waals surface area contributed by atoms with Gasteiger partial charge in [-0.05, 0) is 31.9 Å². The Labute approximate surface area is 117 Å². The normalized spacial score (nSPS) is 11.7. The molecule has 0 bridgehead atoms. The maximum Gasteiger partial charge on any atom is 0.258 e. The van der Waals surface area contributed by atoms with Gasteiger partial charge in [0.05, 0.1) is 5.56 Å². The minimum atomic E-state index is -0.600. The number of amides is 2. The van der Waals surface area contributed by atoms with E-state index in [0.29, 0.717) is 12.8 Å². The highest BCUT2D eigenvalue weighted by Crippen LogP contribution is 2.16. The predicted molar refractivity (Wildman–Crippen MR) is 74.4 cm³/mol. The molecule has 1 rings (SSSR count). The van der Waals surface area contributed by atoms with Gasteiger partial charge in [0.2, 0.25) is 0 Å². The Morgan fingerprint density at radius 2 is 2.10 bits per heavy atom. The van der Waals surface area contributed by atoms with E-state index in [1.807, 2.05) is 6.92 Å². The summed E-state index contributed by atoms with van der Waals surface area (Å²) in [6, 6.07) is 6.46. The van der Waals surface area contributed by atoms with Crippen molar-refractivity contribution in [1.29, 1.82) is 0 Å². The first-order valence-corrected chi connectivity index (χ1v) is 6.46. The standard InChI is InChI=1S/C14H20N2O4/c1-10(5-4-8-17)16-13(18)9-20-12-7-3-2-6-11(12)14(15)19/h2-3,6-7,10,17H,4-5,8-9H2,1H3,(H2,15,19)(H,16,18). The second kappa shape index (κ2) is 8.16. The van der Waals surface area contributed by atoms with Gasteiger partial charge in [-0.25, -0.2) is 0 Å². The topological polar surface area (TPSA) is 102 Å². The van der Waals surface area contributed by atoms with Crippen molar-refractivity contribution in [2.45, 2.75) is 25.8 Å². The average Bonchev–Trinajstić information content (AvgIpc) is 2.43. The molecule has 6 nitrogen and oxygen atoms in total. The van der Waals surface area contributed by atoms with Gasteiger partial charge in [-0.1, -0.05) is 12.1 Å². The highest BCUT2D eigenvalue weighted by atomic mass is 16.5. The second-order valence-corrected chi connectivity index (χ2v) is 4.48. The van der Waals surface area contributed by atoms with Gasteiger partial charge in [0.15, 0.2) is 6.61 Å². The number of hydrogen-bond acceptors (Lipinski definition) is 4. The summed E-state index contributed by atoms with van der Waals surface area (Å²) in [4.78, 5) is 22.8. The van der Waals surface area contributed by atoms with Crippen LogP contribution in [-0.4, -0.2) is 36.2 Å². The number of para-hydroxylation sites is 1. The minimum Gasteiger partial charge on any atom is -0.483 e. The maximum absolute atomic E-state index is 11.7. The Kier molecular flexibility index (Phi) is 6.52. The smallest absolute Gasteiger partial charge is 0.258 e. The Balaban J connectivity index is 2.47. The van der Waals surface area contributed by atoms with Crippen LogP contribution in [-0.2, 0) is 4.79 Å². The first kappa shape index (κ1) is 16.0. The van der Waals surface area contributed by atoms with Crippen molar-refractivity contribution >= 4 is 11.8 Å². The Hall–Kier alpha value is -2.08. The summed E-state index contributed by atoms with van der Waals surface area (Å²) in [7, 11) is 0. The molecule has 6 heteroatoms. The summed E-state index contributed by atoms with van der Waals surface area (Å²) in [5, 5.41) is 11.4. The van der Waals surface area contributed by atoms with Gasteiger partial charge in [-0.15, -0.1) is 0 Å². The highest BCUT2D eigenvalue weighted by Gasteiger charge is 2.11. The zero-order valence-corrected chi connectivity index (χ0v) is 11.5. The lowest BCUT2D eigenvalue weighted by atomic mass is 10.2. The van der Waals surface area contributed by atoms with E-state index in [2.05, 4.69) is 5.32 Å². The summed E-state index contributed by atoms with van der Waals surface area (Å²) >= 11 is 0. The first-order chi connectivity index (χ1) is 9.54. The van der Waals surface area contributed by atoms with Gasteiger partial charge in [-0.3, -0.25) is 9.59 Å². The zero-order chi connectivity index (χ0) is 15.0. The molecule has 1 atom stereocenters. The van der Waals surface area contributed by atoms with Crippen LogP contribution in [0.2, 0.25) is 0 Å². The van der Waals surface area contributed by atoms with Crippen LogP contribution in [0.15, 0.2) is 24.3 Å². The maximum atomic E-state index is 11.7. The molecular formula is C14H20N2O4. The van der Waals surface area contributed by atoms with Gasteiger partial charge in [0.1, 0.15) is 5.75 Å². The summed E-state index contributed by atoms with van der Waals surface area (Å²) in [6.45, 7) is 1.77. The van der Waals surface area contributed by atoms with Crippen molar-refractivity contribution < 1.29 is 19.4 Å². The van der Waals surface area contributed by atoms with E-state index >= 15 is 0 Å². The molecule has 1 aromatic carbocycles. The molecule has 20 heavy (non-hydrogen) atoms. The van der Waals surface area contributed by atoms with E-state index in [4.69, 9.17) is 15.6 Å². The molecule has 0 aliphatic carbocycles. The van der Waals surface area contributed by atoms with Gasteiger partial charge in [-0.2, -0.15) is 0 Å². The molecule has 0 aromatic heterocycles. The van der Waals surface area contributed by atoms with Gasteiger partial charge in [0, 0.05) is 12.6 Å². The number of aliphatic hydroxyl groups is 1. The van der Waals surface area contributed by atoms with Crippen molar-refractivity contribution in [3.05, 3.63) is 29.8 Å². The number of nitrogens with one attached hydrogen (secondary N) is 1. The van der Waals surface area contributed by atoms with E-state index in [-0.39, 0.29) is 36.5 Å². The number of benzene rings is 1. The third kappa shape index (κ3) is 5.27. The van der Waals surface area contributed by atoms with Crippen LogP contribution in [0.1, 0.15) is 30.1 Å². The molecule has 0 aliphatic rings. The van der Waals surface area contributed by atoms with E-state index in [1.165, 1.54) is 0 Å². The molecule has 0 spiro atoms. The molecule has 1 unspecified atom stereocenters. The van der Waals surface area contributed by atoms with Crippen molar-refractivity contribution in [3.63, 3.8) is 0 Å². The van der Waals surface area contributed by atoms with Gasteiger partial charge in [0.25, 0.3) is 11.8 Å². The number of primary amides is 1. The summed E-state index contributed by atoms with van der Waals surface area (Å²) in [5.41, 5.74) is 5.46. The molecule has 4 N–H and O–H groups in total. The quantitative estimate of drug-likeness (QED) is 0.643. The number of hydrogen-bond donors (Lipinski definition) is 3. The first-order valence-electron chi connectivity index (χ1n) is 6.46. The van der Waals surface area contributed by atoms with E-state index in [1.54, 1.807) is 24.3 Å². The number of ether oxygens (including phenoxy) is 1. The minimum absolute atomic E-state index is 0.0374. The van der Waals surface area contributed by atoms with Crippen LogP contribution in [0.5, 0.6) is 5.75 Å². The van der Waals surface area contributed by atoms with E-state index in [0.717, 1.165) is 0 Å². The van der Waals surface area contributed by atoms with Crippen LogP contribution < -0.4 is 15.8 Å². The fourth-order valence-electron chi connectivity index (χ4n) is 1.73. The van der Waals surface area contributed by atoms with Crippen LogP contribution in [0.3, 0.4) is 0 Å². The molecule has 1 aromatic rings. The molecule has 110 valence electrons. The summed E-state index contributed by atoms with van der Waals surface area (Å²) in [5.74, 6) is -0.592. The molecule has 0 saturated heterocycles. The number of aliphatic hydroxyl groups excluding tert-OH is 1. The van der Waals surface area contributed by atoms with Crippen LogP contribution in [0, 0.1) is 0 Å². The summed E-state index contributed by atoms with van der Waals surface area (Å²) in [6.07, 6.45) is 1.33. The lowest BCUT2D eigenvalue weighted by Gasteiger charge is -2.14. The Morgan fingerprint density at radius 3 is 2.75 bits per heavy atom. The number of carbonyl (C=O) groups is 2. The highest BCUT2D eigenvalue weighted by molar-refractivity contribution is 5.95. The average molecular weight is 280 g/mol. The van der Waals surface area contributed by atoms with Crippen molar-refractivity contribution in [1.82, 2.24) is 5.32 Å². The predicted octanol–water partition coefficient (Wildman–Crippen LogP) is 0.441. The molecule has 0 saturated carbocycles. The third-order valence-electron chi connectivity index (χ3n) is 2.71. The molecule has 0 aliphatic heterocycles. The van der Waals surface area contributed by atoms with Gasteiger partial charge < -0.3 is 20.9 Å². The van der Waals surface area contributed by atoms with Crippen LogP contribution >= 0.6 is 0 Å². The van der Waals surface area contributed by atoms with Crippen molar-refractivity contribution in [3.8, 4) is 5.75 Å². The fraction of sp³-hybridized carbons (Fsp3) is 0.429. The monoisotopic (exact) mass is 280 g/mol. The molecule has 0 radical (unpaired) electrons. The second-order valence-electron chi connectivity index (χ2n) is 4.48. The number of carbonyl (C=O) groups excluding carboxylic acids is 2. The third-order valence-corrected chi connectivity index (χ3v) is 2.71. The van der Waals surface area contributed by atoms with Gasteiger partial charge >= 0.3 is 0 Å². The molecular weight excluding hydrogens is 260 g/mol. The van der Waals surface area contributed by atoms with Crippen molar-refractivity contribution in [2.75, 3.05) is 13.2 Å². The Morgan fingerprint density at radius 1 is 1.40 bits per heavy atom. The fourth-order valence-corrected chi connectivity index (χ4v) is 1.73. The lowest BCUT2D eigenvalue weighted by Crippen LogP contribution is -2.36. The van der Waals surface area contributed by atoms with Crippen LogP contribution in [0.4, 0.5) is 0 Å². The number of rotatable bonds is 8. The number of nitrogens with two attached hydrogens (primary N) is 1. The van der Waals surface area contributed by atoms with E-state index < -0.39 is 5.91 Å². The van der Waals surface area contributed by atoms with E-state index in [9.17, 15) is 9.59 Å². The molecule has 0 fully saturated rings.